The molecule has 3 aromatic rings. The van der Waals surface area contributed by atoms with Gasteiger partial charge in [-0.05, 0) is 51.5 Å². The highest BCUT2D eigenvalue weighted by atomic mass is 28.4. The van der Waals surface area contributed by atoms with Crippen LogP contribution < -0.4 is 0 Å². The summed E-state index contributed by atoms with van der Waals surface area (Å²) < 4.78 is 6.95. The zero-order valence-electron chi connectivity index (χ0n) is 18.8. The molecular formula is C28H32OSi. The molecule has 0 saturated carbocycles. The quantitative estimate of drug-likeness (QED) is 0.393. The Morgan fingerprint density at radius 1 is 0.767 bits per heavy atom. The van der Waals surface area contributed by atoms with E-state index < -0.39 is 8.32 Å². The van der Waals surface area contributed by atoms with Crippen LogP contribution in [-0.2, 0) is 4.43 Å². The van der Waals surface area contributed by atoms with Crippen molar-refractivity contribution in [1.29, 1.82) is 0 Å². The highest BCUT2D eigenvalue weighted by molar-refractivity contribution is 6.74. The van der Waals surface area contributed by atoms with Crippen LogP contribution in [0.3, 0.4) is 0 Å². The number of rotatable bonds is 4. The van der Waals surface area contributed by atoms with E-state index in [0.29, 0.717) is 0 Å². The summed E-state index contributed by atoms with van der Waals surface area (Å²) in [7, 11) is -1.88. The van der Waals surface area contributed by atoms with E-state index in [0.717, 1.165) is 6.42 Å². The standard InChI is InChI=1S/C28H32OSi/c1-28(2,3)30(4,5)29-26-20-25(23-18-12-13-19-24(23)26)27(21-14-8-6-9-15-21)22-16-10-7-11-17-22/h6-19,26H,20H2,1-5H3. The van der Waals surface area contributed by atoms with Gasteiger partial charge in [0, 0.05) is 6.42 Å². The minimum absolute atomic E-state index is 0.125. The molecule has 0 amide bonds. The van der Waals surface area contributed by atoms with Crippen LogP contribution in [0.25, 0.3) is 11.1 Å². The average Bonchev–Trinajstić information content (AvgIpc) is 3.07. The lowest BCUT2D eigenvalue weighted by atomic mass is 9.90. The van der Waals surface area contributed by atoms with Crippen LogP contribution in [0.15, 0.2) is 84.9 Å². The van der Waals surface area contributed by atoms with Gasteiger partial charge in [0.15, 0.2) is 8.32 Å². The van der Waals surface area contributed by atoms with E-state index in [1.54, 1.807) is 0 Å². The minimum Gasteiger partial charge on any atom is -0.410 e. The Morgan fingerprint density at radius 3 is 1.80 bits per heavy atom. The molecular weight excluding hydrogens is 380 g/mol. The van der Waals surface area contributed by atoms with Gasteiger partial charge in [0.1, 0.15) is 0 Å². The summed E-state index contributed by atoms with van der Waals surface area (Å²) in [6.07, 6.45) is 1.05. The van der Waals surface area contributed by atoms with Gasteiger partial charge in [-0.1, -0.05) is 106 Å². The molecule has 0 bridgehead atoms. The van der Waals surface area contributed by atoms with E-state index >= 15 is 0 Å². The van der Waals surface area contributed by atoms with Gasteiger partial charge in [0.2, 0.25) is 0 Å². The maximum atomic E-state index is 6.95. The molecule has 1 atom stereocenters. The molecule has 1 unspecified atom stereocenters. The number of fused-ring (bicyclic) bond motifs is 1. The first-order chi connectivity index (χ1) is 14.3. The first-order valence-electron chi connectivity index (χ1n) is 10.9. The lowest BCUT2D eigenvalue weighted by molar-refractivity contribution is 0.195. The van der Waals surface area contributed by atoms with Crippen LogP contribution >= 0.6 is 0 Å². The third-order valence-electron chi connectivity index (χ3n) is 6.69. The highest BCUT2D eigenvalue weighted by Gasteiger charge is 2.41. The molecule has 0 aromatic heterocycles. The maximum Gasteiger partial charge on any atom is 0.192 e. The zero-order valence-corrected chi connectivity index (χ0v) is 19.8. The Labute approximate surface area is 182 Å². The second kappa shape index (κ2) is 8.01. The fourth-order valence-electron chi connectivity index (χ4n) is 4.06. The van der Waals surface area contributed by atoms with Crippen molar-refractivity contribution in [1.82, 2.24) is 0 Å². The molecule has 0 heterocycles. The molecule has 0 fully saturated rings. The summed E-state index contributed by atoms with van der Waals surface area (Å²) in [5, 5.41) is 0.191. The molecule has 0 spiro atoms. The smallest absolute Gasteiger partial charge is 0.192 e. The van der Waals surface area contributed by atoms with Gasteiger partial charge in [0.25, 0.3) is 0 Å². The molecule has 1 aliphatic carbocycles. The molecule has 3 aromatic carbocycles. The van der Waals surface area contributed by atoms with Crippen LogP contribution in [0, 0.1) is 0 Å². The lowest BCUT2D eigenvalue weighted by Gasteiger charge is -2.38. The molecule has 1 nitrogen and oxygen atoms in total. The van der Waals surface area contributed by atoms with Crippen molar-refractivity contribution in [2.24, 2.45) is 0 Å². The minimum atomic E-state index is -1.88. The van der Waals surface area contributed by atoms with Gasteiger partial charge in [-0.25, -0.2) is 0 Å². The Bertz CT molecular complexity index is 1000. The molecule has 30 heavy (non-hydrogen) atoms. The third-order valence-corrected chi connectivity index (χ3v) is 11.2. The fraction of sp³-hybridized carbons (Fsp3) is 0.286. The van der Waals surface area contributed by atoms with Crippen molar-refractivity contribution in [2.45, 2.75) is 51.4 Å². The normalized spacial score (nSPS) is 16.4. The molecule has 2 heteroatoms. The van der Waals surface area contributed by atoms with Gasteiger partial charge in [-0.3, -0.25) is 0 Å². The van der Waals surface area contributed by atoms with Gasteiger partial charge in [-0.15, -0.1) is 0 Å². The lowest BCUT2D eigenvalue weighted by Crippen LogP contribution is -2.41. The first-order valence-corrected chi connectivity index (χ1v) is 13.8. The Kier molecular flexibility index (Phi) is 5.57. The van der Waals surface area contributed by atoms with Crippen molar-refractivity contribution in [2.75, 3.05) is 0 Å². The topological polar surface area (TPSA) is 9.23 Å². The second-order valence-electron chi connectivity index (χ2n) is 9.74. The SMILES string of the molecule is CC(C)(C)[Si](C)(C)OC1CC(=C(c2ccccc2)c2ccccc2)c2ccccc21. The molecule has 0 saturated heterocycles. The summed E-state index contributed by atoms with van der Waals surface area (Å²) in [5.41, 5.74) is 7.92. The molecule has 4 rings (SSSR count). The van der Waals surface area contributed by atoms with Crippen LogP contribution in [0.5, 0.6) is 0 Å². The van der Waals surface area contributed by atoms with E-state index in [1.807, 2.05) is 0 Å². The van der Waals surface area contributed by atoms with E-state index in [-0.39, 0.29) is 11.1 Å². The Morgan fingerprint density at radius 2 is 1.27 bits per heavy atom. The number of benzene rings is 3. The first kappa shape index (κ1) is 20.8. The van der Waals surface area contributed by atoms with Crippen molar-refractivity contribution in [3.63, 3.8) is 0 Å². The number of hydrogen-bond donors (Lipinski definition) is 0. The summed E-state index contributed by atoms with van der Waals surface area (Å²) >= 11 is 0. The molecule has 154 valence electrons. The van der Waals surface area contributed by atoms with Crippen LogP contribution in [0.4, 0.5) is 0 Å². The van der Waals surface area contributed by atoms with E-state index in [4.69, 9.17) is 4.43 Å². The van der Waals surface area contributed by atoms with Gasteiger partial charge in [0.05, 0.1) is 6.10 Å². The molecule has 0 radical (unpaired) electrons. The predicted molar refractivity (Wildman–Crippen MR) is 131 cm³/mol. The predicted octanol–water partition coefficient (Wildman–Crippen LogP) is 8.11. The maximum absolute atomic E-state index is 6.95. The third kappa shape index (κ3) is 3.95. The Hall–Kier alpha value is -2.42. The van der Waals surface area contributed by atoms with Gasteiger partial charge < -0.3 is 4.43 Å². The average molecular weight is 413 g/mol. The number of hydrogen-bond acceptors (Lipinski definition) is 1. The van der Waals surface area contributed by atoms with Crippen molar-refractivity contribution < 1.29 is 4.43 Å². The summed E-state index contributed by atoms with van der Waals surface area (Å²) in [5.74, 6) is 0. The van der Waals surface area contributed by atoms with Crippen LogP contribution in [0.1, 0.15) is 55.5 Å². The van der Waals surface area contributed by atoms with E-state index in [9.17, 15) is 0 Å². The second-order valence-corrected chi connectivity index (χ2v) is 14.5. The summed E-state index contributed by atoms with van der Waals surface area (Å²) in [6.45, 7) is 11.7. The zero-order chi connectivity index (χ0) is 21.4. The monoisotopic (exact) mass is 412 g/mol. The summed E-state index contributed by atoms with van der Waals surface area (Å²) in [6, 6.07) is 30.4. The fourth-order valence-corrected chi connectivity index (χ4v) is 5.33. The van der Waals surface area contributed by atoms with Gasteiger partial charge >= 0.3 is 0 Å². The molecule has 0 N–H and O–H groups in total. The van der Waals surface area contributed by atoms with Crippen LogP contribution in [0.2, 0.25) is 18.1 Å². The summed E-state index contributed by atoms with van der Waals surface area (Å²) in [4.78, 5) is 0. The van der Waals surface area contributed by atoms with Crippen molar-refractivity contribution >= 4 is 19.5 Å². The molecule has 0 aliphatic heterocycles. The van der Waals surface area contributed by atoms with E-state index in [2.05, 4.69) is 119 Å². The van der Waals surface area contributed by atoms with Gasteiger partial charge in [-0.2, -0.15) is 0 Å². The van der Waals surface area contributed by atoms with Crippen molar-refractivity contribution in [3.05, 3.63) is 107 Å². The largest absolute Gasteiger partial charge is 0.410 e. The van der Waals surface area contributed by atoms with Crippen LogP contribution in [-0.4, -0.2) is 8.32 Å². The van der Waals surface area contributed by atoms with E-state index in [1.165, 1.54) is 33.4 Å². The van der Waals surface area contributed by atoms with Crippen molar-refractivity contribution in [3.8, 4) is 0 Å². The highest BCUT2D eigenvalue weighted by Crippen LogP contribution is 2.50. The molecule has 1 aliphatic rings. The Balaban J connectivity index is 1.88.